The lowest BCUT2D eigenvalue weighted by Gasteiger charge is -2.59. The van der Waals surface area contributed by atoms with Crippen molar-refractivity contribution in [2.45, 2.75) is 44.9 Å². The Morgan fingerprint density at radius 3 is 2.38 bits per heavy atom. The topological polar surface area (TPSA) is 22.1 Å². The van der Waals surface area contributed by atoms with Crippen LogP contribution in [0, 0.1) is 23.5 Å². The fourth-order valence-electron chi connectivity index (χ4n) is 8.26. The van der Waals surface area contributed by atoms with E-state index < -0.39 is 0 Å². The highest BCUT2D eigenvalue weighted by Gasteiger charge is 2.55. The fraction of sp³-hybridized carbons (Fsp3) is 0.324. The molecule has 4 aromatic carbocycles. The SMILES string of the molecule is C=CCO[C@H](c1ccnc2ccccc12)[C@H]1C[C@@H]2CC[N@@+]1(Cc1c3cccc(F)c3cc3c(F)cccc13)C[C@@H]2CC. The van der Waals surface area contributed by atoms with Crippen LogP contribution in [-0.4, -0.2) is 35.2 Å². The van der Waals surface area contributed by atoms with E-state index in [1.807, 2.05) is 30.5 Å². The summed E-state index contributed by atoms with van der Waals surface area (Å²) in [7, 11) is 0. The number of halogens is 2. The van der Waals surface area contributed by atoms with Crippen molar-refractivity contribution in [1.29, 1.82) is 0 Å². The highest BCUT2D eigenvalue weighted by atomic mass is 19.1. The standard InChI is InChI=1S/C37H37F2N2O/c1-3-19-42-37(29-15-17-40-35-14-6-5-9-28(29)35)36-20-25-16-18-41(36,22-24(25)4-2)23-32-26-10-7-12-33(38)30(26)21-31-27(32)11-8-13-34(31)39/h3,5-15,17,21,24-25,36-37H,1,4,16,18-20,22-23H2,2H3/q+1/t24-,25-,36+,37+,41-/m0/s1. The third kappa shape index (κ3) is 4.42. The molecule has 0 radical (unpaired) electrons. The van der Waals surface area contributed by atoms with Crippen molar-refractivity contribution in [3.05, 3.63) is 114 Å². The summed E-state index contributed by atoms with van der Waals surface area (Å²) < 4.78 is 38.1. The van der Waals surface area contributed by atoms with Crippen LogP contribution in [0.1, 0.15) is 43.4 Å². The molecule has 3 aliphatic heterocycles. The minimum atomic E-state index is -0.310. The van der Waals surface area contributed by atoms with Crippen LogP contribution >= 0.6 is 0 Å². The molecule has 4 heterocycles. The second kappa shape index (κ2) is 10.9. The number of fused-ring (bicyclic) bond motifs is 6. The monoisotopic (exact) mass is 563 g/mol. The fourth-order valence-corrected chi connectivity index (χ4v) is 8.26. The van der Waals surface area contributed by atoms with Gasteiger partial charge >= 0.3 is 0 Å². The Morgan fingerprint density at radius 1 is 0.952 bits per heavy atom. The van der Waals surface area contributed by atoms with Crippen molar-refractivity contribution in [2.75, 3.05) is 19.7 Å². The molecule has 8 rings (SSSR count). The zero-order valence-electron chi connectivity index (χ0n) is 24.1. The van der Waals surface area contributed by atoms with Gasteiger partial charge in [-0.1, -0.05) is 55.5 Å². The molecule has 2 bridgehead atoms. The van der Waals surface area contributed by atoms with Gasteiger partial charge in [-0.3, -0.25) is 4.98 Å². The van der Waals surface area contributed by atoms with E-state index in [0.717, 1.165) is 69.6 Å². The van der Waals surface area contributed by atoms with Crippen LogP contribution in [-0.2, 0) is 11.3 Å². The maximum atomic E-state index is 15.3. The molecule has 5 heteroatoms. The first kappa shape index (κ1) is 27.2. The van der Waals surface area contributed by atoms with Gasteiger partial charge in [-0.15, -0.1) is 6.58 Å². The molecule has 0 amide bonds. The first-order valence-electron chi connectivity index (χ1n) is 15.2. The summed E-state index contributed by atoms with van der Waals surface area (Å²) in [5.41, 5.74) is 3.15. The van der Waals surface area contributed by atoms with E-state index >= 15 is 8.78 Å². The van der Waals surface area contributed by atoms with Gasteiger partial charge in [0.25, 0.3) is 0 Å². The van der Waals surface area contributed by atoms with Crippen molar-refractivity contribution in [3.63, 3.8) is 0 Å². The second-order valence-corrected chi connectivity index (χ2v) is 12.3. The molecule has 0 aliphatic carbocycles. The Labute approximate surface area is 246 Å². The van der Waals surface area contributed by atoms with Gasteiger partial charge in [0.2, 0.25) is 0 Å². The van der Waals surface area contributed by atoms with Gasteiger partial charge in [-0.05, 0) is 59.0 Å². The van der Waals surface area contributed by atoms with Gasteiger partial charge in [0, 0.05) is 46.7 Å². The van der Waals surface area contributed by atoms with Crippen molar-refractivity contribution in [2.24, 2.45) is 11.8 Å². The largest absolute Gasteiger partial charge is 0.363 e. The zero-order chi connectivity index (χ0) is 28.8. The molecular weight excluding hydrogens is 526 g/mol. The minimum Gasteiger partial charge on any atom is -0.363 e. The Kier molecular flexibility index (Phi) is 7.03. The molecule has 3 fully saturated rings. The van der Waals surface area contributed by atoms with Gasteiger partial charge in [-0.2, -0.15) is 0 Å². The average molecular weight is 564 g/mol. The molecule has 0 N–H and O–H groups in total. The highest BCUT2D eigenvalue weighted by molar-refractivity contribution is 6.02. The third-order valence-electron chi connectivity index (χ3n) is 10.2. The van der Waals surface area contributed by atoms with Crippen molar-refractivity contribution in [3.8, 4) is 0 Å². The lowest BCUT2D eigenvalue weighted by molar-refractivity contribution is -0.985. The van der Waals surface area contributed by atoms with Gasteiger partial charge in [0.05, 0.1) is 25.2 Å². The third-order valence-corrected chi connectivity index (χ3v) is 10.2. The molecule has 214 valence electrons. The minimum absolute atomic E-state index is 0.161. The van der Waals surface area contributed by atoms with Crippen LogP contribution in [0.25, 0.3) is 32.4 Å². The zero-order valence-corrected chi connectivity index (χ0v) is 24.1. The van der Waals surface area contributed by atoms with Crippen molar-refractivity contribution in [1.82, 2.24) is 4.98 Å². The molecule has 0 unspecified atom stereocenters. The highest BCUT2D eigenvalue weighted by Crippen LogP contribution is 2.50. The number of para-hydroxylation sites is 1. The second-order valence-electron chi connectivity index (χ2n) is 12.3. The van der Waals surface area contributed by atoms with E-state index in [0.29, 0.717) is 35.8 Å². The Hall–Kier alpha value is -3.67. The molecule has 3 aliphatic rings. The summed E-state index contributed by atoms with van der Waals surface area (Å²) in [5.74, 6) is 0.630. The molecule has 0 saturated carbocycles. The van der Waals surface area contributed by atoms with Crippen molar-refractivity contribution >= 4 is 32.4 Å². The predicted molar refractivity (Wildman–Crippen MR) is 166 cm³/mol. The smallest absolute Gasteiger partial charge is 0.135 e. The van der Waals surface area contributed by atoms with Crippen LogP contribution in [0.2, 0.25) is 0 Å². The van der Waals surface area contributed by atoms with Gasteiger partial charge in [0.15, 0.2) is 0 Å². The summed E-state index contributed by atoms with van der Waals surface area (Å²) in [4.78, 5) is 4.64. The molecule has 5 atom stereocenters. The van der Waals surface area contributed by atoms with E-state index in [1.54, 1.807) is 18.2 Å². The Morgan fingerprint density at radius 2 is 1.67 bits per heavy atom. The number of hydrogen-bond donors (Lipinski definition) is 0. The van der Waals surface area contributed by atoms with E-state index in [2.05, 4.69) is 42.8 Å². The molecular formula is C37H37F2N2O+. The van der Waals surface area contributed by atoms with E-state index in [4.69, 9.17) is 4.74 Å². The van der Waals surface area contributed by atoms with Crippen LogP contribution in [0.4, 0.5) is 8.78 Å². The molecule has 5 aromatic rings. The summed E-state index contributed by atoms with van der Waals surface area (Å²) in [6.45, 7) is 9.47. The average Bonchev–Trinajstić information content (AvgIpc) is 3.02. The summed E-state index contributed by atoms with van der Waals surface area (Å²) in [6.07, 6.45) is 6.91. The number of rotatable bonds is 8. The van der Waals surface area contributed by atoms with E-state index in [-0.39, 0.29) is 23.8 Å². The molecule has 42 heavy (non-hydrogen) atoms. The van der Waals surface area contributed by atoms with Crippen LogP contribution in [0.3, 0.4) is 0 Å². The Balaban J connectivity index is 1.43. The number of quaternary nitrogens is 1. The summed E-state index contributed by atoms with van der Waals surface area (Å²) >= 11 is 0. The molecule has 3 saturated heterocycles. The van der Waals surface area contributed by atoms with Crippen LogP contribution < -0.4 is 0 Å². The maximum Gasteiger partial charge on any atom is 0.135 e. The van der Waals surface area contributed by atoms with Crippen LogP contribution in [0.5, 0.6) is 0 Å². The number of nitrogens with zero attached hydrogens (tertiary/aromatic N) is 2. The molecule has 0 spiro atoms. The first-order chi connectivity index (χ1) is 20.5. The number of pyridine rings is 1. The van der Waals surface area contributed by atoms with Crippen molar-refractivity contribution < 1.29 is 18.0 Å². The van der Waals surface area contributed by atoms with Gasteiger partial charge < -0.3 is 9.22 Å². The van der Waals surface area contributed by atoms with Gasteiger partial charge in [0.1, 0.15) is 30.3 Å². The normalized spacial score (nSPS) is 24.4. The van der Waals surface area contributed by atoms with Crippen LogP contribution in [0.15, 0.2) is 91.6 Å². The van der Waals surface area contributed by atoms with E-state index in [1.165, 1.54) is 12.1 Å². The summed E-state index contributed by atoms with van der Waals surface area (Å²) in [6, 6.07) is 22.8. The summed E-state index contributed by atoms with van der Waals surface area (Å²) in [5, 5.41) is 3.83. The number of ether oxygens (including phenoxy) is 1. The number of piperidine rings is 3. The number of aromatic nitrogens is 1. The quantitative estimate of drug-likeness (QED) is 0.107. The van der Waals surface area contributed by atoms with E-state index in [9.17, 15) is 0 Å². The first-order valence-corrected chi connectivity index (χ1v) is 15.2. The number of hydrogen-bond acceptors (Lipinski definition) is 2. The van der Waals surface area contributed by atoms with Gasteiger partial charge in [-0.25, -0.2) is 8.78 Å². The lowest BCUT2D eigenvalue weighted by Crippen LogP contribution is -2.68. The lowest BCUT2D eigenvalue weighted by atomic mass is 9.70. The Bertz CT molecular complexity index is 1740. The maximum absolute atomic E-state index is 15.3. The molecule has 3 nitrogen and oxygen atoms in total. The predicted octanol–water partition coefficient (Wildman–Crippen LogP) is 8.90. The molecule has 1 aromatic heterocycles. The number of benzene rings is 4.